The lowest BCUT2D eigenvalue weighted by Crippen LogP contribution is -2.00. The average molecular weight is 169 g/mol. The van der Waals surface area contributed by atoms with Crippen molar-refractivity contribution in [2.45, 2.75) is 6.92 Å². The Morgan fingerprint density at radius 1 is 1.73 bits per heavy atom. The monoisotopic (exact) mass is 168 g/mol. The summed E-state index contributed by atoms with van der Waals surface area (Å²) in [5.41, 5.74) is 0.321. The van der Waals surface area contributed by atoms with Crippen molar-refractivity contribution in [1.29, 1.82) is 5.26 Å². The molecule has 0 N–H and O–H groups in total. The number of nitriles is 1. The lowest BCUT2D eigenvalue weighted by atomic mass is 10.4. The first-order valence-corrected chi connectivity index (χ1v) is 3.31. The van der Waals surface area contributed by atoms with Crippen LogP contribution in [0.3, 0.4) is 0 Å². The molecule has 0 aromatic carbocycles. The van der Waals surface area contributed by atoms with Gasteiger partial charge in [-0.1, -0.05) is 11.6 Å². The van der Waals surface area contributed by atoms with Crippen molar-refractivity contribution in [3.63, 3.8) is 0 Å². The Balaban J connectivity index is 3.18. The number of hydrogen-bond donors (Lipinski definition) is 0. The van der Waals surface area contributed by atoms with Gasteiger partial charge in [-0.2, -0.15) is 5.26 Å². The number of carbonyl (C=O) groups excluding carboxylic acids is 1. The van der Waals surface area contributed by atoms with Gasteiger partial charge in [-0.25, -0.2) is 0 Å². The van der Waals surface area contributed by atoms with Crippen LogP contribution in [0, 0.1) is 11.3 Å². The highest BCUT2D eigenvalue weighted by molar-refractivity contribution is 6.31. The predicted molar refractivity (Wildman–Crippen MR) is 40.5 cm³/mol. The zero-order chi connectivity index (χ0) is 8.43. The largest absolute Gasteiger partial charge is 0.292 e. The van der Waals surface area contributed by atoms with E-state index >= 15 is 0 Å². The number of halogens is 1. The molecule has 0 saturated carbocycles. The molecule has 0 aliphatic rings. The standard InChI is InChI=1S/C7H5ClN2O/c1-5(11)10-3-6(2-9)7(8)4-10/h3-4H,1H3. The summed E-state index contributed by atoms with van der Waals surface area (Å²) in [7, 11) is 0. The van der Waals surface area contributed by atoms with Gasteiger partial charge in [0.1, 0.15) is 6.07 Å². The van der Waals surface area contributed by atoms with E-state index in [4.69, 9.17) is 16.9 Å². The topological polar surface area (TPSA) is 45.8 Å². The smallest absolute Gasteiger partial charge is 0.227 e. The third-order valence-corrected chi connectivity index (χ3v) is 1.56. The van der Waals surface area contributed by atoms with Crippen LogP contribution in [0.5, 0.6) is 0 Å². The minimum absolute atomic E-state index is 0.159. The van der Waals surface area contributed by atoms with Crippen LogP contribution in [0.25, 0.3) is 0 Å². The molecule has 0 unspecified atom stereocenters. The van der Waals surface area contributed by atoms with Crippen LogP contribution in [0.2, 0.25) is 5.02 Å². The Labute approximate surface area is 68.8 Å². The molecule has 0 spiro atoms. The first-order valence-electron chi connectivity index (χ1n) is 2.93. The first kappa shape index (κ1) is 7.83. The molecule has 0 saturated heterocycles. The molecule has 1 aromatic rings. The SMILES string of the molecule is CC(=O)n1cc(Cl)c(C#N)c1. The normalized spacial score (nSPS) is 9.18. The van der Waals surface area contributed by atoms with Gasteiger partial charge in [0.05, 0.1) is 10.6 Å². The molecule has 4 heteroatoms. The highest BCUT2D eigenvalue weighted by Crippen LogP contribution is 2.15. The molecule has 0 amide bonds. The predicted octanol–water partition coefficient (Wildman–Crippen LogP) is 1.67. The maximum Gasteiger partial charge on any atom is 0.227 e. The molecule has 0 fully saturated rings. The molecule has 1 rings (SSSR count). The zero-order valence-corrected chi connectivity index (χ0v) is 6.59. The third kappa shape index (κ3) is 1.41. The van der Waals surface area contributed by atoms with Gasteiger partial charge in [0.2, 0.25) is 5.91 Å². The Morgan fingerprint density at radius 3 is 2.64 bits per heavy atom. The molecule has 56 valence electrons. The van der Waals surface area contributed by atoms with E-state index in [0.29, 0.717) is 10.6 Å². The lowest BCUT2D eigenvalue weighted by molar-refractivity contribution is 0.0937. The number of hydrogen-bond acceptors (Lipinski definition) is 2. The molecule has 0 atom stereocenters. The minimum Gasteiger partial charge on any atom is -0.292 e. The van der Waals surface area contributed by atoms with E-state index in [0.717, 1.165) is 0 Å². The molecule has 11 heavy (non-hydrogen) atoms. The second-order valence-electron chi connectivity index (χ2n) is 2.06. The molecule has 3 nitrogen and oxygen atoms in total. The fourth-order valence-electron chi connectivity index (χ4n) is 0.694. The van der Waals surface area contributed by atoms with E-state index in [1.54, 1.807) is 0 Å². The van der Waals surface area contributed by atoms with E-state index in [1.807, 2.05) is 6.07 Å². The summed E-state index contributed by atoms with van der Waals surface area (Å²) in [4.78, 5) is 10.7. The van der Waals surface area contributed by atoms with Crippen molar-refractivity contribution in [3.05, 3.63) is 23.0 Å². The maximum absolute atomic E-state index is 10.7. The van der Waals surface area contributed by atoms with Crippen LogP contribution in [-0.2, 0) is 0 Å². The van der Waals surface area contributed by atoms with Crippen LogP contribution >= 0.6 is 11.6 Å². The van der Waals surface area contributed by atoms with Crippen LogP contribution in [-0.4, -0.2) is 10.5 Å². The Hall–Kier alpha value is -1.27. The summed E-state index contributed by atoms with van der Waals surface area (Å²) in [5, 5.41) is 8.76. The molecule has 1 heterocycles. The Morgan fingerprint density at radius 2 is 2.36 bits per heavy atom. The number of nitrogens with zero attached hydrogens (tertiary/aromatic N) is 2. The minimum atomic E-state index is -0.159. The van der Waals surface area contributed by atoms with Gasteiger partial charge >= 0.3 is 0 Å². The van der Waals surface area contributed by atoms with Gasteiger partial charge < -0.3 is 0 Å². The summed E-state index contributed by atoms with van der Waals surface area (Å²) in [6.45, 7) is 1.40. The van der Waals surface area contributed by atoms with Crippen molar-refractivity contribution in [1.82, 2.24) is 4.57 Å². The van der Waals surface area contributed by atoms with Crippen LogP contribution in [0.15, 0.2) is 12.4 Å². The van der Waals surface area contributed by atoms with Gasteiger partial charge in [0.25, 0.3) is 0 Å². The van der Waals surface area contributed by atoms with E-state index in [-0.39, 0.29) is 5.91 Å². The Bertz CT molecular complexity index is 335. The van der Waals surface area contributed by atoms with Crippen molar-refractivity contribution in [2.24, 2.45) is 0 Å². The molecule has 0 aliphatic carbocycles. The van der Waals surface area contributed by atoms with Gasteiger partial charge in [0, 0.05) is 19.3 Å². The van der Waals surface area contributed by atoms with Gasteiger partial charge in [-0.3, -0.25) is 9.36 Å². The van der Waals surface area contributed by atoms with E-state index in [9.17, 15) is 4.79 Å². The highest BCUT2D eigenvalue weighted by Gasteiger charge is 2.04. The molecular weight excluding hydrogens is 164 g/mol. The number of aromatic nitrogens is 1. The summed E-state index contributed by atoms with van der Waals surface area (Å²) < 4.78 is 1.28. The number of carbonyl (C=O) groups is 1. The number of rotatable bonds is 0. The van der Waals surface area contributed by atoms with Gasteiger partial charge in [-0.15, -0.1) is 0 Å². The quantitative estimate of drug-likeness (QED) is 0.592. The van der Waals surface area contributed by atoms with Crippen LogP contribution < -0.4 is 0 Å². The third-order valence-electron chi connectivity index (χ3n) is 1.26. The fourth-order valence-corrected chi connectivity index (χ4v) is 0.890. The average Bonchev–Trinajstić information content (AvgIpc) is 2.31. The summed E-state index contributed by atoms with van der Waals surface area (Å²) in [6.07, 6.45) is 2.83. The Kier molecular flexibility index (Phi) is 1.97. The van der Waals surface area contributed by atoms with Gasteiger partial charge in [-0.05, 0) is 0 Å². The highest BCUT2D eigenvalue weighted by atomic mass is 35.5. The molecule has 0 aliphatic heterocycles. The molecule has 0 radical (unpaired) electrons. The second-order valence-corrected chi connectivity index (χ2v) is 2.47. The summed E-state index contributed by atoms with van der Waals surface area (Å²) in [6, 6.07) is 1.87. The van der Waals surface area contributed by atoms with Crippen LogP contribution in [0.4, 0.5) is 0 Å². The van der Waals surface area contributed by atoms with Gasteiger partial charge in [0.15, 0.2) is 0 Å². The lowest BCUT2D eigenvalue weighted by Gasteiger charge is -1.89. The second kappa shape index (κ2) is 2.77. The van der Waals surface area contributed by atoms with Crippen LogP contribution in [0.1, 0.15) is 17.3 Å². The fraction of sp³-hybridized carbons (Fsp3) is 0.143. The molecule has 0 bridgehead atoms. The molecular formula is C7H5ClN2O. The van der Waals surface area contributed by atoms with E-state index in [1.165, 1.54) is 23.9 Å². The van der Waals surface area contributed by atoms with Crippen molar-refractivity contribution >= 4 is 17.5 Å². The summed E-state index contributed by atoms with van der Waals surface area (Å²) in [5.74, 6) is -0.159. The van der Waals surface area contributed by atoms with Crippen molar-refractivity contribution in [2.75, 3.05) is 0 Å². The van der Waals surface area contributed by atoms with Crippen molar-refractivity contribution < 1.29 is 4.79 Å². The summed E-state index contributed by atoms with van der Waals surface area (Å²) >= 11 is 5.59. The van der Waals surface area contributed by atoms with E-state index in [2.05, 4.69) is 0 Å². The van der Waals surface area contributed by atoms with E-state index < -0.39 is 0 Å². The van der Waals surface area contributed by atoms with Crippen molar-refractivity contribution in [3.8, 4) is 6.07 Å². The first-order chi connectivity index (χ1) is 5.15. The zero-order valence-electron chi connectivity index (χ0n) is 5.84. The maximum atomic E-state index is 10.7. The molecule has 1 aromatic heterocycles.